The summed E-state index contributed by atoms with van der Waals surface area (Å²) in [6.07, 6.45) is 6.02. The fraction of sp³-hybridized carbons (Fsp3) is 0.333. The van der Waals surface area contributed by atoms with Crippen molar-refractivity contribution in [3.05, 3.63) is 36.1 Å². The maximum atomic E-state index is 9.92. The van der Waals surface area contributed by atoms with Gasteiger partial charge in [-0.2, -0.15) is 0 Å². The number of rotatable bonds is 2. The van der Waals surface area contributed by atoms with Gasteiger partial charge in [0, 0.05) is 0 Å². The molecule has 0 saturated carbocycles. The van der Waals surface area contributed by atoms with Gasteiger partial charge in [0.15, 0.2) is 0 Å². The summed E-state index contributed by atoms with van der Waals surface area (Å²) in [5.41, 5.74) is 0. The Morgan fingerprint density at radius 1 is 1.58 bits per heavy atom. The van der Waals surface area contributed by atoms with Crippen LogP contribution in [0.1, 0.15) is 6.92 Å². The summed E-state index contributed by atoms with van der Waals surface area (Å²) in [7, 11) is -0.871. The van der Waals surface area contributed by atoms with E-state index in [0.29, 0.717) is 0 Å². The maximum Gasteiger partial charge on any atom is 0.101 e. The van der Waals surface area contributed by atoms with Crippen LogP contribution in [-0.4, -0.2) is 31.1 Å². The molecule has 0 radical (unpaired) electrons. The Labute approximate surface area is 74.7 Å². The molecule has 0 fully saturated rings. The summed E-state index contributed by atoms with van der Waals surface area (Å²) >= 11 is 0. The van der Waals surface area contributed by atoms with Crippen LogP contribution in [0.15, 0.2) is 36.1 Å². The second-order valence-corrected chi connectivity index (χ2v) is 6.01. The van der Waals surface area contributed by atoms with Crippen LogP contribution in [0.25, 0.3) is 0 Å². The lowest BCUT2D eigenvalue weighted by atomic mass is 10.1. The lowest BCUT2D eigenvalue weighted by Gasteiger charge is -2.29. The van der Waals surface area contributed by atoms with Crippen molar-refractivity contribution in [1.82, 2.24) is 0 Å². The minimum Gasteiger partial charge on any atom is -0.387 e. The number of aliphatic hydroxyl groups excluding tert-OH is 1. The van der Waals surface area contributed by atoms with Crippen molar-refractivity contribution < 1.29 is 10.2 Å². The Balaban J connectivity index is 2.76. The molecule has 2 N–H and O–H groups in total. The molecule has 0 spiro atoms. The molecule has 3 heteroatoms. The van der Waals surface area contributed by atoms with E-state index in [1.807, 2.05) is 6.92 Å². The van der Waals surface area contributed by atoms with Crippen LogP contribution in [0, 0.1) is 0 Å². The van der Waals surface area contributed by atoms with Gasteiger partial charge in [-0.15, -0.1) is 6.58 Å². The van der Waals surface area contributed by atoms with Crippen molar-refractivity contribution >= 4 is 9.52 Å². The van der Waals surface area contributed by atoms with E-state index >= 15 is 0 Å². The Bertz CT molecular complexity index is 245. The van der Waals surface area contributed by atoms with Crippen LogP contribution in [0.4, 0.5) is 0 Å². The summed E-state index contributed by atoms with van der Waals surface area (Å²) in [5.74, 6) is 0. The van der Waals surface area contributed by atoms with Gasteiger partial charge >= 0.3 is 0 Å². The zero-order valence-electron chi connectivity index (χ0n) is 7.20. The molecule has 0 heterocycles. The molecule has 0 amide bonds. The summed E-state index contributed by atoms with van der Waals surface area (Å²) in [4.78, 5) is 0. The predicted molar refractivity (Wildman–Crippen MR) is 52.6 cm³/mol. The first-order chi connectivity index (χ1) is 5.54. The van der Waals surface area contributed by atoms with E-state index in [1.54, 1.807) is 24.3 Å². The summed E-state index contributed by atoms with van der Waals surface area (Å²) in [5, 5.41) is 19.4. The van der Waals surface area contributed by atoms with Gasteiger partial charge in [-0.3, -0.25) is 0 Å². The first kappa shape index (κ1) is 9.44. The zero-order chi connectivity index (χ0) is 9.19. The number of hydrogen-bond donors (Lipinski definition) is 2. The van der Waals surface area contributed by atoms with Crippen molar-refractivity contribution in [2.75, 3.05) is 0 Å². The molecule has 0 aromatic carbocycles. The lowest BCUT2D eigenvalue weighted by Crippen LogP contribution is -2.46. The highest BCUT2D eigenvalue weighted by atomic mass is 28.2. The van der Waals surface area contributed by atoms with Crippen molar-refractivity contribution in [3.8, 4) is 0 Å². The molecule has 1 aliphatic carbocycles. The molecule has 0 bridgehead atoms. The van der Waals surface area contributed by atoms with Crippen molar-refractivity contribution in [1.29, 1.82) is 0 Å². The van der Waals surface area contributed by atoms with Gasteiger partial charge in [0.2, 0.25) is 0 Å². The second-order valence-electron chi connectivity index (χ2n) is 3.31. The highest BCUT2D eigenvalue weighted by Gasteiger charge is 2.32. The number of hydrogen-bond acceptors (Lipinski definition) is 2. The van der Waals surface area contributed by atoms with Crippen molar-refractivity contribution in [2.24, 2.45) is 0 Å². The predicted octanol–water partition coefficient (Wildman–Crippen LogP) is -0.136. The number of aliphatic hydroxyl groups is 2. The van der Waals surface area contributed by atoms with E-state index in [2.05, 4.69) is 6.58 Å². The Morgan fingerprint density at radius 3 is 2.75 bits per heavy atom. The lowest BCUT2D eigenvalue weighted by molar-refractivity contribution is 0.0450. The summed E-state index contributed by atoms with van der Waals surface area (Å²) in [6.45, 7) is 5.65. The third kappa shape index (κ3) is 1.94. The molecule has 1 aliphatic rings. The molecule has 0 aromatic heterocycles. The fourth-order valence-electron chi connectivity index (χ4n) is 1.30. The highest BCUT2D eigenvalue weighted by molar-refractivity contribution is 6.49. The molecule has 2 atom stereocenters. The van der Waals surface area contributed by atoms with Crippen LogP contribution in [-0.2, 0) is 0 Å². The van der Waals surface area contributed by atoms with Gasteiger partial charge in [-0.25, -0.2) is 0 Å². The van der Waals surface area contributed by atoms with Gasteiger partial charge in [0.25, 0.3) is 0 Å². The van der Waals surface area contributed by atoms with Crippen LogP contribution in [0.5, 0.6) is 0 Å². The van der Waals surface area contributed by atoms with Gasteiger partial charge in [-0.1, -0.05) is 29.5 Å². The van der Waals surface area contributed by atoms with Crippen molar-refractivity contribution in [3.63, 3.8) is 0 Å². The van der Waals surface area contributed by atoms with E-state index in [0.717, 1.165) is 5.20 Å². The average Bonchev–Trinajstić information content (AvgIpc) is 1.94. The van der Waals surface area contributed by atoms with E-state index in [1.165, 1.54) is 0 Å². The molecule has 0 aromatic rings. The maximum absolute atomic E-state index is 9.92. The molecule has 0 aliphatic heterocycles. The topological polar surface area (TPSA) is 40.5 Å². The third-order valence-electron chi connectivity index (χ3n) is 1.89. The Kier molecular flexibility index (Phi) is 2.67. The molecular formula is C9H14O2Si. The first-order valence-electron chi connectivity index (χ1n) is 3.95. The second kappa shape index (κ2) is 3.39. The Morgan fingerprint density at radius 2 is 2.25 bits per heavy atom. The molecular weight excluding hydrogens is 168 g/mol. The monoisotopic (exact) mass is 182 g/mol. The molecule has 0 saturated heterocycles. The van der Waals surface area contributed by atoms with Gasteiger partial charge in [0.05, 0.1) is 14.7 Å². The molecule has 2 nitrogen and oxygen atoms in total. The minimum atomic E-state index is -1.01. The quantitative estimate of drug-likeness (QED) is 0.584. The van der Waals surface area contributed by atoms with E-state index in [4.69, 9.17) is 0 Å². The van der Waals surface area contributed by atoms with E-state index < -0.39 is 20.8 Å². The van der Waals surface area contributed by atoms with Gasteiger partial charge in [0.1, 0.15) is 6.10 Å². The normalized spacial score (nSPS) is 34.8. The highest BCUT2D eigenvalue weighted by Crippen LogP contribution is 2.18. The average molecular weight is 182 g/mol. The SMILES string of the molecule is C=C(C)[SiH2][C@@]1(O)C=CC=C[C@@H]1O. The molecule has 0 unspecified atom stereocenters. The molecule has 12 heavy (non-hydrogen) atoms. The zero-order valence-corrected chi connectivity index (χ0v) is 8.61. The number of allylic oxidation sites excluding steroid dienone is 3. The van der Waals surface area contributed by atoms with E-state index in [9.17, 15) is 10.2 Å². The fourth-order valence-corrected chi connectivity index (χ4v) is 2.87. The third-order valence-corrected chi connectivity index (χ3v) is 3.71. The first-order valence-corrected chi connectivity index (χ1v) is 5.37. The summed E-state index contributed by atoms with van der Waals surface area (Å²) < 4.78 is 0. The van der Waals surface area contributed by atoms with Crippen LogP contribution >= 0.6 is 0 Å². The summed E-state index contributed by atoms with van der Waals surface area (Å²) in [6, 6.07) is 0. The Hall–Kier alpha value is -0.643. The van der Waals surface area contributed by atoms with Crippen molar-refractivity contribution in [2.45, 2.75) is 18.3 Å². The molecule has 66 valence electrons. The van der Waals surface area contributed by atoms with Crippen LogP contribution in [0.2, 0.25) is 0 Å². The largest absolute Gasteiger partial charge is 0.387 e. The van der Waals surface area contributed by atoms with Crippen LogP contribution < -0.4 is 0 Å². The smallest absolute Gasteiger partial charge is 0.101 e. The molecule has 1 rings (SSSR count). The van der Waals surface area contributed by atoms with E-state index in [-0.39, 0.29) is 0 Å². The van der Waals surface area contributed by atoms with Gasteiger partial charge in [-0.05, 0) is 6.92 Å². The van der Waals surface area contributed by atoms with Gasteiger partial charge < -0.3 is 10.2 Å². The van der Waals surface area contributed by atoms with Crippen LogP contribution in [0.3, 0.4) is 0 Å². The minimum absolute atomic E-state index is 0.758. The standard InChI is InChI=1S/C9H14O2Si/c1-7(2)12-9(11)6-4-3-5-8(9)10/h3-6,8,10-11H,1,12H2,2H3/t8-,9-/m0/s1.